The lowest BCUT2D eigenvalue weighted by molar-refractivity contribution is -0.132. The summed E-state index contributed by atoms with van der Waals surface area (Å²) in [5.74, 6) is 0. The maximum Gasteiger partial charge on any atom is 0.469 e. The maximum absolute atomic E-state index is 10.3. The van der Waals surface area contributed by atoms with Crippen molar-refractivity contribution in [1.82, 2.24) is 19.9 Å². The van der Waals surface area contributed by atoms with Crippen LogP contribution in [0.5, 0.6) is 0 Å². The van der Waals surface area contributed by atoms with Gasteiger partial charge >= 0.3 is 7.82 Å². The predicted molar refractivity (Wildman–Crippen MR) is 79.8 cm³/mol. The van der Waals surface area contributed by atoms with Crippen LogP contribution in [0.3, 0.4) is 0 Å². The molecular weight excluding hydrogens is 367 g/mol. The minimum atomic E-state index is -4.64. The van der Waals surface area contributed by atoms with Crippen LogP contribution in [-0.2, 0) is 13.8 Å². The highest BCUT2D eigenvalue weighted by molar-refractivity contribution is 7.80. The predicted octanol–water partition coefficient (Wildman–Crippen LogP) is -1.82. The van der Waals surface area contributed by atoms with Crippen LogP contribution < -0.4 is 0 Å². The lowest BCUT2D eigenvalue weighted by Gasteiger charge is -2.14. The Labute approximate surface area is 140 Å². The number of nitrogens with zero attached hydrogens (tertiary/aromatic N) is 3. The quantitative estimate of drug-likeness (QED) is 0.180. The topological polar surface area (TPSA) is 191 Å². The molecule has 3 heterocycles. The highest BCUT2D eigenvalue weighted by Gasteiger charge is 2.42. The Morgan fingerprint density at radius 1 is 1.25 bits per heavy atom. The normalized spacial score (nSPS) is 27.1. The van der Waals surface area contributed by atoms with Gasteiger partial charge in [-0.1, -0.05) is 0 Å². The van der Waals surface area contributed by atoms with Gasteiger partial charge in [-0.15, -0.1) is 12.6 Å². The fourth-order valence-corrected chi connectivity index (χ4v) is 2.35. The molecule has 3 rings (SSSR count). The summed E-state index contributed by atoms with van der Waals surface area (Å²) in [5.41, 5.74) is 1.44. The van der Waals surface area contributed by atoms with Crippen molar-refractivity contribution < 1.29 is 38.9 Å². The van der Waals surface area contributed by atoms with Crippen molar-refractivity contribution in [2.24, 2.45) is 0 Å². The van der Waals surface area contributed by atoms with Crippen LogP contribution in [-0.4, -0.2) is 76.3 Å². The molecule has 1 saturated heterocycles. The number of H-pyrrole nitrogens is 1. The summed E-state index contributed by atoms with van der Waals surface area (Å²) in [6, 6.07) is 0. The Morgan fingerprint density at radius 3 is 2.50 bits per heavy atom. The second-order valence-corrected chi connectivity index (χ2v) is 6.29. The summed E-state index contributed by atoms with van der Waals surface area (Å²) in [6.45, 7) is -0.612. The zero-order chi connectivity index (χ0) is 17.9. The average molecular weight is 382 g/mol. The molecule has 1 unspecified atom stereocenters. The molecule has 1 fully saturated rings. The van der Waals surface area contributed by atoms with Crippen LogP contribution in [0.4, 0.5) is 0 Å². The number of phosphoric ester groups is 1. The van der Waals surface area contributed by atoms with Crippen molar-refractivity contribution in [1.29, 1.82) is 0 Å². The molecule has 134 valence electrons. The standard InChI is InChI=1S/C5H4N4S.C5H11O8P/c10-5-3-4(7-1-6-3)8-2-9-5;6-3-2(1-12-14(9,10)11)13-5(8)4(3)7/h1-2H,(H2,6,7,8,9,10);2-8H,1H2,(H2,9,10,11)/t;2-,3-,4-,5?/m.1/s1. The second kappa shape index (κ2) is 7.82. The van der Waals surface area contributed by atoms with Gasteiger partial charge in [-0.2, -0.15) is 0 Å². The zero-order valence-corrected chi connectivity index (χ0v) is 13.7. The van der Waals surface area contributed by atoms with Gasteiger partial charge in [0, 0.05) is 0 Å². The molecule has 0 spiro atoms. The molecule has 24 heavy (non-hydrogen) atoms. The second-order valence-electron chi connectivity index (χ2n) is 4.63. The molecule has 14 heteroatoms. The molecule has 12 nitrogen and oxygen atoms in total. The van der Waals surface area contributed by atoms with Crippen LogP contribution >= 0.6 is 20.5 Å². The molecule has 2 aromatic heterocycles. The smallest absolute Gasteiger partial charge is 0.387 e. The molecule has 0 radical (unpaired) electrons. The molecule has 0 saturated carbocycles. The Morgan fingerprint density at radius 2 is 1.96 bits per heavy atom. The van der Waals surface area contributed by atoms with Gasteiger partial charge in [-0.05, 0) is 0 Å². The number of imidazole rings is 1. The largest absolute Gasteiger partial charge is 0.469 e. The van der Waals surface area contributed by atoms with Gasteiger partial charge in [0.2, 0.25) is 0 Å². The van der Waals surface area contributed by atoms with E-state index in [-0.39, 0.29) is 0 Å². The summed E-state index contributed by atoms with van der Waals surface area (Å²) in [7, 11) is -4.64. The first kappa shape index (κ1) is 19.2. The van der Waals surface area contributed by atoms with Crippen molar-refractivity contribution in [3.63, 3.8) is 0 Å². The molecule has 0 amide bonds. The first-order valence-electron chi connectivity index (χ1n) is 6.42. The third-order valence-corrected chi connectivity index (χ3v) is 3.77. The highest BCUT2D eigenvalue weighted by Crippen LogP contribution is 2.36. The molecule has 2 aromatic rings. The van der Waals surface area contributed by atoms with Crippen molar-refractivity contribution >= 4 is 31.6 Å². The number of aromatic amines is 1. The summed E-state index contributed by atoms with van der Waals surface area (Å²) in [4.78, 5) is 31.2. The molecule has 6 N–H and O–H groups in total. The van der Waals surface area contributed by atoms with Crippen molar-refractivity contribution in [3.8, 4) is 0 Å². The summed E-state index contributed by atoms with van der Waals surface area (Å²) in [6.07, 6.45) is -2.66. The van der Waals surface area contributed by atoms with Gasteiger partial charge in [0.05, 0.1) is 12.9 Å². The summed E-state index contributed by atoms with van der Waals surface area (Å²) >= 11 is 4.09. The third-order valence-electron chi connectivity index (χ3n) is 2.95. The fourth-order valence-electron chi connectivity index (χ4n) is 1.79. The van der Waals surface area contributed by atoms with Crippen molar-refractivity contribution in [2.75, 3.05) is 6.61 Å². The number of hydrogen-bond donors (Lipinski definition) is 7. The van der Waals surface area contributed by atoms with Crippen molar-refractivity contribution in [3.05, 3.63) is 12.7 Å². The molecule has 1 aliphatic heterocycles. The number of nitrogens with one attached hydrogen (secondary N) is 1. The number of thiol groups is 1. The molecule has 1 aliphatic rings. The minimum absolute atomic E-state index is 0.612. The van der Waals surface area contributed by atoms with E-state index in [0.717, 1.165) is 5.52 Å². The van der Waals surface area contributed by atoms with Crippen LogP contribution in [0, 0.1) is 0 Å². The molecule has 0 aliphatic carbocycles. The SMILES string of the molecule is O=P(O)(O)OC[C@H]1OC(O)[C@H](O)[C@@H]1O.Sc1ncnc2nc[nH]c12. The molecule has 4 atom stereocenters. The number of phosphoric acid groups is 1. The first-order chi connectivity index (χ1) is 11.2. The van der Waals surface area contributed by atoms with Gasteiger partial charge in [-0.25, -0.2) is 19.5 Å². The van der Waals surface area contributed by atoms with Gasteiger partial charge < -0.3 is 34.8 Å². The van der Waals surface area contributed by atoms with E-state index in [1.807, 2.05) is 0 Å². The zero-order valence-electron chi connectivity index (χ0n) is 11.9. The number of hydrogen-bond acceptors (Lipinski definition) is 10. The van der Waals surface area contributed by atoms with Crippen molar-refractivity contribution in [2.45, 2.75) is 29.6 Å². The Hall–Kier alpha value is -1.15. The number of aliphatic hydroxyl groups excluding tert-OH is 3. The van der Waals surface area contributed by atoms with Crippen LogP contribution in [0.2, 0.25) is 0 Å². The van der Waals surface area contributed by atoms with E-state index in [1.165, 1.54) is 6.33 Å². The Bertz CT molecular complexity index is 726. The molecule has 0 aromatic carbocycles. The Balaban J connectivity index is 0.000000182. The van der Waals surface area contributed by atoms with E-state index in [9.17, 15) is 4.57 Å². The maximum atomic E-state index is 10.3. The van der Waals surface area contributed by atoms with E-state index in [0.29, 0.717) is 10.7 Å². The highest BCUT2D eigenvalue weighted by atomic mass is 32.1. The average Bonchev–Trinajstić information content (AvgIpc) is 3.07. The number of aromatic nitrogens is 4. The van der Waals surface area contributed by atoms with E-state index in [4.69, 9.17) is 25.1 Å². The van der Waals surface area contributed by atoms with Gasteiger partial charge in [0.15, 0.2) is 11.9 Å². The van der Waals surface area contributed by atoms with Gasteiger partial charge in [0.25, 0.3) is 0 Å². The van der Waals surface area contributed by atoms with E-state index in [2.05, 4.69) is 41.8 Å². The van der Waals surface area contributed by atoms with Crippen LogP contribution in [0.25, 0.3) is 11.2 Å². The Kier molecular flexibility index (Phi) is 6.25. The first-order valence-corrected chi connectivity index (χ1v) is 8.39. The van der Waals surface area contributed by atoms with E-state index in [1.54, 1.807) is 6.33 Å². The van der Waals surface area contributed by atoms with Crippen LogP contribution in [0.1, 0.15) is 0 Å². The minimum Gasteiger partial charge on any atom is -0.387 e. The summed E-state index contributed by atoms with van der Waals surface area (Å²) in [5, 5.41) is 27.7. The number of aliphatic hydroxyl groups is 3. The monoisotopic (exact) mass is 382 g/mol. The number of fused-ring (bicyclic) bond motifs is 1. The van der Waals surface area contributed by atoms with Crippen LogP contribution in [0.15, 0.2) is 17.7 Å². The van der Waals surface area contributed by atoms with Gasteiger partial charge in [-0.3, -0.25) is 4.52 Å². The third kappa shape index (κ3) is 4.92. The fraction of sp³-hybridized carbons (Fsp3) is 0.500. The van der Waals surface area contributed by atoms with Gasteiger partial charge in [0.1, 0.15) is 35.2 Å². The molecule has 0 bridgehead atoms. The number of ether oxygens (including phenoxy) is 1. The van der Waals surface area contributed by atoms with E-state index < -0.39 is 39.0 Å². The number of rotatable bonds is 3. The lowest BCUT2D eigenvalue weighted by atomic mass is 10.1. The molecular formula is C10H15N4O8PS. The summed E-state index contributed by atoms with van der Waals surface area (Å²) < 4.78 is 18.9. The van der Waals surface area contributed by atoms with E-state index >= 15 is 0 Å². The lowest BCUT2D eigenvalue weighted by Crippen LogP contribution is -2.34.